The summed E-state index contributed by atoms with van der Waals surface area (Å²) in [7, 11) is 1.71. The molecule has 0 atom stereocenters. The fraction of sp³-hybridized carbons (Fsp3) is 0.158. The van der Waals surface area contributed by atoms with Gasteiger partial charge in [0.1, 0.15) is 6.29 Å². The monoisotopic (exact) mass is 325 g/mol. The molecule has 23 heavy (non-hydrogen) atoms. The van der Waals surface area contributed by atoms with Crippen LogP contribution in [0.2, 0.25) is 5.02 Å². The molecule has 0 fully saturated rings. The van der Waals surface area contributed by atoms with Crippen molar-refractivity contribution in [2.75, 3.05) is 0 Å². The third-order valence-corrected chi connectivity index (χ3v) is 4.33. The summed E-state index contributed by atoms with van der Waals surface area (Å²) in [6.45, 7) is 1.96. The number of nitrogens with zero attached hydrogens (tertiary/aromatic N) is 1. The van der Waals surface area contributed by atoms with E-state index in [1.165, 1.54) is 0 Å². The molecule has 1 aromatic heterocycles. The Bertz CT molecular complexity index is 956. The van der Waals surface area contributed by atoms with Crippen LogP contribution in [0.1, 0.15) is 11.3 Å². The lowest BCUT2D eigenvalue weighted by molar-refractivity contribution is -0.107. The van der Waals surface area contributed by atoms with Crippen molar-refractivity contribution in [2.45, 2.75) is 13.3 Å². The SMILES string of the molecule is Cc1ccc2c(-c3ccc(Cl)cc3)c(CC=O)n(C)c(=O)c2c1. The molecular formula is C19H16ClNO2. The number of hydrogen-bond acceptors (Lipinski definition) is 2. The molecule has 2 aromatic carbocycles. The van der Waals surface area contributed by atoms with Crippen molar-refractivity contribution < 1.29 is 4.79 Å². The summed E-state index contributed by atoms with van der Waals surface area (Å²) < 4.78 is 1.57. The Morgan fingerprint density at radius 3 is 2.43 bits per heavy atom. The van der Waals surface area contributed by atoms with E-state index in [9.17, 15) is 9.59 Å². The Labute approximate surface area is 139 Å². The van der Waals surface area contributed by atoms with E-state index in [-0.39, 0.29) is 12.0 Å². The number of carbonyl (C=O) groups is 1. The van der Waals surface area contributed by atoms with Gasteiger partial charge in [0, 0.05) is 35.1 Å². The van der Waals surface area contributed by atoms with Crippen LogP contribution in [0, 0.1) is 6.92 Å². The minimum absolute atomic E-state index is 0.0849. The lowest BCUT2D eigenvalue weighted by atomic mass is 9.95. The van der Waals surface area contributed by atoms with Gasteiger partial charge in [-0.2, -0.15) is 0 Å². The van der Waals surface area contributed by atoms with E-state index in [1.54, 1.807) is 11.6 Å². The molecule has 0 aliphatic heterocycles. The number of pyridine rings is 1. The molecule has 3 aromatic rings. The van der Waals surface area contributed by atoms with Gasteiger partial charge in [-0.25, -0.2) is 0 Å². The van der Waals surface area contributed by atoms with Crippen LogP contribution in [0.15, 0.2) is 47.3 Å². The average Bonchev–Trinajstić information content (AvgIpc) is 2.54. The molecule has 3 rings (SSSR count). The van der Waals surface area contributed by atoms with Crippen molar-refractivity contribution in [1.82, 2.24) is 4.57 Å². The van der Waals surface area contributed by atoms with E-state index in [0.29, 0.717) is 16.1 Å². The van der Waals surface area contributed by atoms with Gasteiger partial charge in [0.15, 0.2) is 0 Å². The van der Waals surface area contributed by atoms with Crippen LogP contribution in [0.25, 0.3) is 21.9 Å². The first-order valence-corrected chi connectivity index (χ1v) is 7.72. The van der Waals surface area contributed by atoms with E-state index >= 15 is 0 Å². The molecule has 116 valence electrons. The Kier molecular flexibility index (Phi) is 4.05. The summed E-state index contributed by atoms with van der Waals surface area (Å²) in [4.78, 5) is 23.8. The molecule has 0 N–H and O–H groups in total. The second-order valence-electron chi connectivity index (χ2n) is 5.61. The van der Waals surface area contributed by atoms with Crippen LogP contribution in [0.3, 0.4) is 0 Å². The molecule has 4 heteroatoms. The fourth-order valence-corrected chi connectivity index (χ4v) is 3.06. The van der Waals surface area contributed by atoms with Crippen LogP contribution in [0.5, 0.6) is 0 Å². The van der Waals surface area contributed by atoms with Gasteiger partial charge in [-0.05, 0) is 36.1 Å². The first kappa shape index (κ1) is 15.5. The maximum absolute atomic E-state index is 12.6. The van der Waals surface area contributed by atoms with Crippen LogP contribution in [-0.2, 0) is 18.3 Å². The van der Waals surface area contributed by atoms with E-state index in [0.717, 1.165) is 28.4 Å². The predicted molar refractivity (Wildman–Crippen MR) is 94.1 cm³/mol. The first-order valence-electron chi connectivity index (χ1n) is 7.34. The summed E-state index contributed by atoms with van der Waals surface area (Å²) in [6, 6.07) is 13.3. The molecule has 0 aliphatic rings. The van der Waals surface area contributed by atoms with Crippen molar-refractivity contribution in [1.29, 1.82) is 0 Å². The van der Waals surface area contributed by atoms with Crippen LogP contribution < -0.4 is 5.56 Å². The number of rotatable bonds is 3. The second kappa shape index (κ2) is 6.01. The van der Waals surface area contributed by atoms with Crippen molar-refractivity contribution in [2.24, 2.45) is 7.05 Å². The number of halogens is 1. The highest BCUT2D eigenvalue weighted by atomic mass is 35.5. The number of carbonyl (C=O) groups excluding carboxylic acids is 1. The largest absolute Gasteiger partial charge is 0.314 e. The van der Waals surface area contributed by atoms with E-state index in [4.69, 9.17) is 11.6 Å². The highest BCUT2D eigenvalue weighted by Gasteiger charge is 2.16. The third kappa shape index (κ3) is 2.68. The molecule has 0 aliphatic carbocycles. The van der Waals surface area contributed by atoms with Crippen molar-refractivity contribution in [3.05, 3.63) is 69.1 Å². The minimum Gasteiger partial charge on any atom is -0.314 e. The summed E-state index contributed by atoms with van der Waals surface area (Å²) in [5, 5.41) is 2.17. The van der Waals surface area contributed by atoms with Crippen LogP contribution >= 0.6 is 11.6 Å². The molecule has 0 spiro atoms. The zero-order chi connectivity index (χ0) is 16.6. The molecule has 0 bridgehead atoms. The Morgan fingerprint density at radius 2 is 1.78 bits per heavy atom. The summed E-state index contributed by atoms with van der Waals surface area (Å²) in [6.07, 6.45) is 1.02. The topological polar surface area (TPSA) is 39.1 Å². The molecule has 0 saturated heterocycles. The van der Waals surface area contributed by atoms with Crippen LogP contribution in [-0.4, -0.2) is 10.9 Å². The first-order chi connectivity index (χ1) is 11.0. The standard InChI is InChI=1S/C19H16ClNO2/c1-12-3-8-15-16(11-12)19(23)21(2)17(9-10-22)18(15)13-4-6-14(20)7-5-13/h3-8,10-11H,9H2,1-2H3. The van der Waals surface area contributed by atoms with Gasteiger partial charge >= 0.3 is 0 Å². The second-order valence-corrected chi connectivity index (χ2v) is 6.05. The number of aryl methyl sites for hydroxylation is 1. The lowest BCUT2D eigenvalue weighted by Gasteiger charge is -2.16. The molecular weight excluding hydrogens is 310 g/mol. The highest BCUT2D eigenvalue weighted by Crippen LogP contribution is 2.31. The van der Waals surface area contributed by atoms with Crippen molar-refractivity contribution >= 4 is 28.7 Å². The van der Waals surface area contributed by atoms with Gasteiger partial charge in [-0.3, -0.25) is 4.79 Å². The van der Waals surface area contributed by atoms with Crippen molar-refractivity contribution in [3.63, 3.8) is 0 Å². The normalized spacial score (nSPS) is 10.9. The quantitative estimate of drug-likeness (QED) is 0.685. The minimum atomic E-state index is -0.0849. The smallest absolute Gasteiger partial charge is 0.258 e. The van der Waals surface area contributed by atoms with Crippen LogP contribution in [0.4, 0.5) is 0 Å². The molecule has 0 saturated carbocycles. The number of fused-ring (bicyclic) bond motifs is 1. The Morgan fingerprint density at radius 1 is 1.09 bits per heavy atom. The molecule has 0 radical (unpaired) electrons. The van der Waals surface area contributed by atoms with Gasteiger partial charge in [-0.1, -0.05) is 41.4 Å². The van der Waals surface area contributed by atoms with Gasteiger partial charge in [0.25, 0.3) is 5.56 Å². The number of hydrogen-bond donors (Lipinski definition) is 0. The lowest BCUT2D eigenvalue weighted by Crippen LogP contribution is -2.22. The zero-order valence-corrected chi connectivity index (χ0v) is 13.7. The molecule has 1 heterocycles. The predicted octanol–water partition coefficient (Wildman–Crippen LogP) is 3.91. The van der Waals surface area contributed by atoms with Gasteiger partial charge < -0.3 is 9.36 Å². The van der Waals surface area contributed by atoms with Gasteiger partial charge in [0.05, 0.1) is 0 Å². The molecule has 3 nitrogen and oxygen atoms in total. The zero-order valence-electron chi connectivity index (χ0n) is 13.0. The van der Waals surface area contributed by atoms with E-state index in [1.807, 2.05) is 49.4 Å². The van der Waals surface area contributed by atoms with Gasteiger partial charge in [0.2, 0.25) is 0 Å². The van der Waals surface area contributed by atoms with Gasteiger partial charge in [-0.15, -0.1) is 0 Å². The highest BCUT2D eigenvalue weighted by molar-refractivity contribution is 6.30. The number of aldehydes is 1. The molecule has 0 unspecified atom stereocenters. The maximum atomic E-state index is 12.6. The fourth-order valence-electron chi connectivity index (χ4n) is 2.94. The third-order valence-electron chi connectivity index (χ3n) is 4.08. The summed E-state index contributed by atoms with van der Waals surface area (Å²) >= 11 is 5.98. The van der Waals surface area contributed by atoms with Crippen molar-refractivity contribution in [3.8, 4) is 11.1 Å². The maximum Gasteiger partial charge on any atom is 0.258 e. The summed E-state index contributed by atoms with van der Waals surface area (Å²) in [5.41, 5.74) is 3.50. The number of aromatic nitrogens is 1. The summed E-state index contributed by atoms with van der Waals surface area (Å²) in [5.74, 6) is 0. The molecule has 0 amide bonds. The average molecular weight is 326 g/mol. The number of benzene rings is 2. The Hall–Kier alpha value is -2.39. The Balaban J connectivity index is 2.48. The van der Waals surface area contributed by atoms with E-state index in [2.05, 4.69) is 0 Å². The van der Waals surface area contributed by atoms with E-state index < -0.39 is 0 Å².